The van der Waals surface area contributed by atoms with Gasteiger partial charge in [0, 0.05) is 17.7 Å². The molecule has 0 amide bonds. The van der Waals surface area contributed by atoms with E-state index in [4.69, 9.17) is 9.88 Å². The molecule has 3 N–H and O–H groups in total. The molecule has 0 unspecified atom stereocenters. The lowest BCUT2D eigenvalue weighted by atomic mass is 9.95. The van der Waals surface area contributed by atoms with Crippen molar-refractivity contribution in [3.63, 3.8) is 0 Å². The van der Waals surface area contributed by atoms with E-state index in [1.807, 2.05) is 0 Å². The Hall–Kier alpha value is -3.23. The first-order valence-corrected chi connectivity index (χ1v) is 10.6. The number of hydrogen-bond acceptors (Lipinski definition) is 4. The minimum Gasteiger partial charge on any atom is -0.496 e. The van der Waals surface area contributed by atoms with Crippen molar-refractivity contribution in [3.8, 4) is 16.9 Å². The van der Waals surface area contributed by atoms with Crippen LogP contribution in [-0.2, 0) is 16.6 Å². The maximum Gasteiger partial charge on any atom is 0.296 e. The summed E-state index contributed by atoms with van der Waals surface area (Å²) in [4.78, 5) is 11.7. The van der Waals surface area contributed by atoms with Crippen LogP contribution in [0.5, 0.6) is 5.75 Å². The lowest BCUT2D eigenvalue weighted by molar-refractivity contribution is 0.101. The number of nitrogens with two attached hydrogens (primary N) is 1. The van der Waals surface area contributed by atoms with Crippen LogP contribution in [0, 0.1) is 5.82 Å². The van der Waals surface area contributed by atoms with Gasteiger partial charge in [0.05, 0.1) is 12.7 Å². The number of ketones is 1. The van der Waals surface area contributed by atoms with E-state index in [2.05, 4.69) is 4.72 Å². The molecule has 0 spiro atoms. The highest BCUT2D eigenvalue weighted by Gasteiger charge is 2.17. The van der Waals surface area contributed by atoms with E-state index in [1.54, 1.807) is 60.7 Å². The van der Waals surface area contributed by atoms with Crippen LogP contribution in [0.4, 0.5) is 10.1 Å². The van der Waals surface area contributed by atoms with Gasteiger partial charge in [-0.15, -0.1) is 0 Å². The molecule has 0 heterocycles. The van der Waals surface area contributed by atoms with Gasteiger partial charge in [0.25, 0.3) is 10.2 Å². The predicted molar refractivity (Wildman–Crippen MR) is 114 cm³/mol. The third-order valence-corrected chi connectivity index (χ3v) is 5.09. The molecular formula is C22H21FN2O4S. The molecule has 156 valence electrons. The number of carbonyl (C=O) groups excluding carboxylic acids is 1. The summed E-state index contributed by atoms with van der Waals surface area (Å²) < 4.78 is 45.2. The molecule has 3 aromatic carbocycles. The molecule has 6 nitrogen and oxygen atoms in total. The Labute approximate surface area is 174 Å². The number of benzene rings is 3. The predicted octanol–water partition coefficient (Wildman–Crippen LogP) is 3.91. The second kappa shape index (κ2) is 8.64. The van der Waals surface area contributed by atoms with Gasteiger partial charge in [-0.25, -0.2) is 9.53 Å². The molecule has 0 fully saturated rings. The first-order valence-electron chi connectivity index (χ1n) is 9.04. The summed E-state index contributed by atoms with van der Waals surface area (Å²) in [6.45, 7) is 1.46. The van der Waals surface area contributed by atoms with E-state index in [9.17, 15) is 13.2 Å². The first kappa shape index (κ1) is 21.5. The van der Waals surface area contributed by atoms with Gasteiger partial charge in [-0.05, 0) is 47.9 Å². The molecule has 0 saturated heterocycles. The van der Waals surface area contributed by atoms with Gasteiger partial charge in [0.2, 0.25) is 0 Å². The number of nitrogens with one attached hydrogen (secondary N) is 1. The molecule has 0 aromatic heterocycles. The Bertz CT molecular complexity index is 1190. The van der Waals surface area contributed by atoms with E-state index < -0.39 is 16.0 Å². The van der Waals surface area contributed by atoms with Crippen LogP contribution >= 0.6 is 0 Å². The number of anilines is 1. The summed E-state index contributed by atoms with van der Waals surface area (Å²) >= 11 is 0. The third kappa shape index (κ3) is 5.03. The molecule has 3 aromatic rings. The second-order valence-electron chi connectivity index (χ2n) is 6.77. The number of Topliss-reactive ketones (excluding diaryl/α,β-unsaturated/α-hetero) is 1. The van der Waals surface area contributed by atoms with Gasteiger partial charge in [-0.3, -0.25) is 9.52 Å². The Morgan fingerprint density at radius 1 is 1.10 bits per heavy atom. The van der Waals surface area contributed by atoms with Crippen molar-refractivity contribution < 1.29 is 22.3 Å². The summed E-state index contributed by atoms with van der Waals surface area (Å²) in [5.74, 6) is -0.188. The van der Waals surface area contributed by atoms with Crippen molar-refractivity contribution in [3.05, 3.63) is 83.2 Å². The highest BCUT2D eigenvalue weighted by Crippen LogP contribution is 2.35. The van der Waals surface area contributed by atoms with Crippen LogP contribution in [0.1, 0.15) is 28.4 Å². The number of ether oxygens (including phenoxy) is 1. The van der Waals surface area contributed by atoms with Gasteiger partial charge in [-0.1, -0.05) is 36.4 Å². The normalized spacial score (nSPS) is 11.2. The fraction of sp³-hybridized carbons (Fsp3) is 0.136. The summed E-state index contributed by atoms with van der Waals surface area (Å²) in [6, 6.07) is 16.6. The topological polar surface area (TPSA) is 98.5 Å². The minimum absolute atomic E-state index is 0.111. The quantitative estimate of drug-likeness (QED) is 0.558. The van der Waals surface area contributed by atoms with E-state index in [1.165, 1.54) is 14.0 Å². The average molecular weight is 428 g/mol. The van der Waals surface area contributed by atoms with Crippen molar-refractivity contribution >= 4 is 21.7 Å². The molecular weight excluding hydrogens is 407 g/mol. The van der Waals surface area contributed by atoms with Crippen molar-refractivity contribution in [2.75, 3.05) is 11.8 Å². The van der Waals surface area contributed by atoms with E-state index >= 15 is 4.39 Å². The fourth-order valence-corrected chi connectivity index (χ4v) is 3.61. The molecule has 0 saturated carbocycles. The van der Waals surface area contributed by atoms with E-state index in [-0.39, 0.29) is 17.8 Å². The lowest BCUT2D eigenvalue weighted by Gasteiger charge is -2.14. The molecule has 0 bridgehead atoms. The fourth-order valence-electron chi connectivity index (χ4n) is 3.15. The summed E-state index contributed by atoms with van der Waals surface area (Å²) in [7, 11) is -2.39. The SMILES string of the molecule is COc1ccc(Cc2ccc(NS(N)(=O)=O)cc2)c(F)c1-c1cccc(C(C)=O)c1. The summed E-state index contributed by atoms with van der Waals surface area (Å²) in [5.41, 5.74) is 2.85. The molecule has 0 aliphatic carbocycles. The van der Waals surface area contributed by atoms with Crippen LogP contribution < -0.4 is 14.6 Å². The largest absolute Gasteiger partial charge is 0.496 e. The molecule has 0 radical (unpaired) electrons. The van der Waals surface area contributed by atoms with Gasteiger partial charge in [0.15, 0.2) is 5.78 Å². The van der Waals surface area contributed by atoms with Crippen molar-refractivity contribution in [2.45, 2.75) is 13.3 Å². The van der Waals surface area contributed by atoms with E-state index in [0.29, 0.717) is 28.1 Å². The van der Waals surface area contributed by atoms with Gasteiger partial charge in [0.1, 0.15) is 11.6 Å². The molecule has 0 atom stereocenters. The first-order chi connectivity index (χ1) is 14.2. The van der Waals surface area contributed by atoms with Crippen LogP contribution in [0.2, 0.25) is 0 Å². The maximum absolute atomic E-state index is 15.5. The zero-order valence-electron chi connectivity index (χ0n) is 16.5. The molecule has 0 aliphatic rings. The molecule has 0 aliphatic heterocycles. The summed E-state index contributed by atoms with van der Waals surface area (Å²) in [6.07, 6.45) is 0.283. The molecule has 3 rings (SSSR count). The smallest absolute Gasteiger partial charge is 0.296 e. The number of methoxy groups -OCH3 is 1. The number of carbonyl (C=O) groups is 1. The molecule has 8 heteroatoms. The number of halogens is 1. The van der Waals surface area contributed by atoms with Crippen LogP contribution in [0.3, 0.4) is 0 Å². The maximum atomic E-state index is 15.5. The van der Waals surface area contributed by atoms with Crippen molar-refractivity contribution in [1.82, 2.24) is 0 Å². The van der Waals surface area contributed by atoms with Gasteiger partial charge >= 0.3 is 0 Å². The average Bonchev–Trinajstić information content (AvgIpc) is 2.69. The number of rotatable bonds is 7. The highest BCUT2D eigenvalue weighted by atomic mass is 32.2. The molecule has 30 heavy (non-hydrogen) atoms. The lowest BCUT2D eigenvalue weighted by Crippen LogP contribution is -2.21. The van der Waals surface area contributed by atoms with Gasteiger partial charge in [-0.2, -0.15) is 8.42 Å². The van der Waals surface area contributed by atoms with Crippen LogP contribution in [0.25, 0.3) is 11.1 Å². The van der Waals surface area contributed by atoms with Gasteiger partial charge < -0.3 is 4.74 Å². The number of hydrogen-bond donors (Lipinski definition) is 2. The highest BCUT2D eigenvalue weighted by molar-refractivity contribution is 7.90. The minimum atomic E-state index is -3.86. The monoisotopic (exact) mass is 428 g/mol. The van der Waals surface area contributed by atoms with Crippen LogP contribution in [-0.4, -0.2) is 21.3 Å². The second-order valence-corrected chi connectivity index (χ2v) is 8.07. The Balaban J connectivity index is 1.97. The van der Waals surface area contributed by atoms with Crippen molar-refractivity contribution in [2.24, 2.45) is 5.14 Å². The third-order valence-electron chi connectivity index (χ3n) is 4.57. The Kier molecular flexibility index (Phi) is 6.19. The van der Waals surface area contributed by atoms with E-state index in [0.717, 1.165) is 5.56 Å². The standard InChI is InChI=1S/C22H21FN2O4S/c1-14(26)16-4-3-5-17(13-16)21-20(29-2)11-8-18(22(21)23)12-15-6-9-19(10-7-15)25-30(24,27)28/h3-11,13,25H,12H2,1-2H3,(H2,24,27,28). The zero-order chi connectivity index (χ0) is 21.9. The van der Waals surface area contributed by atoms with Crippen LogP contribution in [0.15, 0.2) is 60.7 Å². The Morgan fingerprint density at radius 3 is 2.40 bits per heavy atom. The zero-order valence-corrected chi connectivity index (χ0v) is 17.3. The van der Waals surface area contributed by atoms with Crippen molar-refractivity contribution in [1.29, 1.82) is 0 Å². The summed E-state index contributed by atoms with van der Waals surface area (Å²) in [5, 5.41) is 4.96. The Morgan fingerprint density at radius 2 is 1.80 bits per heavy atom.